The second-order valence-corrected chi connectivity index (χ2v) is 8.90. The van der Waals surface area contributed by atoms with Crippen LogP contribution in [0.5, 0.6) is 11.5 Å². The van der Waals surface area contributed by atoms with E-state index >= 15 is 0 Å². The van der Waals surface area contributed by atoms with Gasteiger partial charge in [-0.2, -0.15) is 5.26 Å². The lowest BCUT2D eigenvalue weighted by molar-refractivity contribution is -0.148. The molecule has 0 spiro atoms. The molecule has 2 aliphatic heterocycles. The van der Waals surface area contributed by atoms with E-state index in [2.05, 4.69) is 11.4 Å². The number of carbonyl (C=O) groups excluding carboxylic acids is 2. The van der Waals surface area contributed by atoms with Gasteiger partial charge in [-0.25, -0.2) is 9.97 Å². The maximum absolute atomic E-state index is 13.2. The second kappa shape index (κ2) is 10.7. The van der Waals surface area contributed by atoms with E-state index in [1.807, 2.05) is 35.2 Å². The Balaban J connectivity index is 1.38. The van der Waals surface area contributed by atoms with E-state index in [9.17, 15) is 14.9 Å². The summed E-state index contributed by atoms with van der Waals surface area (Å²) in [6, 6.07) is 14.9. The van der Waals surface area contributed by atoms with Crippen LogP contribution in [-0.4, -0.2) is 48.3 Å². The molecule has 5 rings (SSSR count). The molecule has 2 aliphatic rings. The van der Waals surface area contributed by atoms with Crippen LogP contribution >= 0.6 is 0 Å². The summed E-state index contributed by atoms with van der Waals surface area (Å²) >= 11 is 0. The summed E-state index contributed by atoms with van der Waals surface area (Å²) < 4.78 is 15.9. The highest BCUT2D eigenvalue weighted by atomic mass is 16.7. The van der Waals surface area contributed by atoms with Crippen molar-refractivity contribution in [1.82, 2.24) is 15.3 Å². The molecule has 1 fully saturated rings. The van der Waals surface area contributed by atoms with E-state index < -0.39 is 11.8 Å². The smallest absolute Gasteiger partial charge is 0.309 e. The number of benzene rings is 2. The van der Waals surface area contributed by atoms with Crippen molar-refractivity contribution in [3.63, 3.8) is 0 Å². The minimum absolute atomic E-state index is 0.169. The van der Waals surface area contributed by atoms with E-state index in [4.69, 9.17) is 24.2 Å². The Morgan fingerprint density at radius 1 is 1.14 bits per heavy atom. The predicted octanol–water partition coefficient (Wildman–Crippen LogP) is 3.06. The van der Waals surface area contributed by atoms with Crippen LogP contribution in [0.1, 0.15) is 36.9 Å². The number of amides is 1. The van der Waals surface area contributed by atoms with Crippen molar-refractivity contribution in [3.8, 4) is 17.6 Å². The Morgan fingerprint density at radius 2 is 1.86 bits per heavy atom. The predicted molar refractivity (Wildman–Crippen MR) is 134 cm³/mol. The molecular formula is C27H27N5O5. The van der Waals surface area contributed by atoms with Crippen molar-refractivity contribution in [1.29, 1.82) is 5.26 Å². The number of aromatic nitrogens is 2. The number of carbonyl (C=O) groups is 2. The lowest BCUT2D eigenvalue weighted by Gasteiger charge is -2.33. The van der Waals surface area contributed by atoms with Gasteiger partial charge < -0.3 is 24.4 Å². The SMILES string of the molecule is CCOC(=O)C1CCN(c2nc3ccccc3nc2C(C#N)C(=O)NCc2ccc3c(c2)OCO3)CC1. The number of piperidine rings is 1. The van der Waals surface area contributed by atoms with Crippen LogP contribution in [0.2, 0.25) is 0 Å². The number of nitrogens with one attached hydrogen (secondary N) is 1. The quantitative estimate of drug-likeness (QED) is 0.486. The second-order valence-electron chi connectivity index (χ2n) is 8.90. The number of hydrogen-bond donors (Lipinski definition) is 1. The molecule has 10 heteroatoms. The zero-order valence-electron chi connectivity index (χ0n) is 20.5. The molecule has 0 radical (unpaired) electrons. The van der Waals surface area contributed by atoms with Gasteiger partial charge in [-0.05, 0) is 49.6 Å². The minimum atomic E-state index is -1.16. The summed E-state index contributed by atoms with van der Waals surface area (Å²) in [5.41, 5.74) is 2.40. The normalized spacial score (nSPS) is 15.7. The number of nitrogens with zero attached hydrogens (tertiary/aromatic N) is 4. The van der Waals surface area contributed by atoms with Crippen molar-refractivity contribution >= 4 is 28.7 Å². The molecule has 0 aliphatic carbocycles. The maximum atomic E-state index is 13.2. The number of nitriles is 1. The van der Waals surface area contributed by atoms with Gasteiger partial charge in [0.2, 0.25) is 12.7 Å². The molecule has 1 unspecified atom stereocenters. The average Bonchev–Trinajstić information content (AvgIpc) is 3.40. The molecule has 10 nitrogen and oxygen atoms in total. The molecule has 1 aromatic heterocycles. The van der Waals surface area contributed by atoms with E-state index in [0.29, 0.717) is 66.6 Å². The van der Waals surface area contributed by atoms with Crippen molar-refractivity contribution in [2.45, 2.75) is 32.2 Å². The van der Waals surface area contributed by atoms with Gasteiger partial charge in [0, 0.05) is 19.6 Å². The summed E-state index contributed by atoms with van der Waals surface area (Å²) in [5, 5.41) is 12.9. The van der Waals surface area contributed by atoms with Crippen LogP contribution in [0.3, 0.4) is 0 Å². The third-order valence-electron chi connectivity index (χ3n) is 6.56. The standard InChI is InChI=1S/C27H27N5O5/c1-2-35-27(34)18-9-11-32(12-10-18)25-24(30-20-5-3-4-6-21(20)31-25)19(14-28)26(33)29-15-17-7-8-22-23(13-17)37-16-36-22/h3-8,13,18-19H,2,9-12,15-16H2,1H3,(H,29,33). The molecular weight excluding hydrogens is 474 g/mol. The zero-order valence-corrected chi connectivity index (χ0v) is 20.5. The van der Waals surface area contributed by atoms with Crippen molar-refractivity contribution in [3.05, 3.63) is 53.7 Å². The Hall–Kier alpha value is -4.39. The van der Waals surface area contributed by atoms with Crippen LogP contribution in [0.4, 0.5) is 5.82 Å². The first-order valence-corrected chi connectivity index (χ1v) is 12.3. The van der Waals surface area contributed by atoms with E-state index in [1.165, 1.54) is 0 Å². The first kappa shape index (κ1) is 24.3. The summed E-state index contributed by atoms with van der Waals surface area (Å²) in [7, 11) is 0. The molecule has 37 heavy (non-hydrogen) atoms. The van der Waals surface area contributed by atoms with Crippen molar-refractivity contribution in [2.24, 2.45) is 5.92 Å². The highest BCUT2D eigenvalue weighted by Gasteiger charge is 2.32. The third-order valence-corrected chi connectivity index (χ3v) is 6.56. The molecule has 1 atom stereocenters. The molecule has 1 N–H and O–H groups in total. The van der Waals surface area contributed by atoms with E-state index in [0.717, 1.165) is 5.56 Å². The van der Waals surface area contributed by atoms with Crippen LogP contribution in [0.15, 0.2) is 42.5 Å². The third kappa shape index (κ3) is 5.11. The fraction of sp³-hybridized carbons (Fsp3) is 0.370. The first-order chi connectivity index (χ1) is 18.1. The van der Waals surface area contributed by atoms with E-state index in [-0.39, 0.29) is 25.2 Å². The molecule has 0 bridgehead atoms. The molecule has 0 saturated carbocycles. The molecule has 1 saturated heterocycles. The molecule has 3 heterocycles. The maximum Gasteiger partial charge on any atom is 0.309 e. The molecule has 190 valence electrons. The Kier molecular flexibility index (Phi) is 7.03. The number of para-hydroxylation sites is 2. The number of fused-ring (bicyclic) bond motifs is 2. The van der Waals surface area contributed by atoms with Gasteiger partial charge in [-0.15, -0.1) is 0 Å². The summed E-state index contributed by atoms with van der Waals surface area (Å²) in [4.78, 5) is 36.9. The lowest BCUT2D eigenvalue weighted by Crippen LogP contribution is -2.39. The number of hydrogen-bond acceptors (Lipinski definition) is 9. The molecule has 3 aromatic rings. The highest BCUT2D eigenvalue weighted by Crippen LogP contribution is 2.33. The van der Waals surface area contributed by atoms with Gasteiger partial charge >= 0.3 is 5.97 Å². The van der Waals surface area contributed by atoms with Gasteiger partial charge in [-0.3, -0.25) is 9.59 Å². The zero-order chi connectivity index (χ0) is 25.8. The summed E-state index contributed by atoms with van der Waals surface area (Å²) in [5.74, 6) is -0.220. The highest BCUT2D eigenvalue weighted by molar-refractivity contribution is 5.89. The Labute approximate surface area is 214 Å². The van der Waals surface area contributed by atoms with Gasteiger partial charge in [0.1, 0.15) is 5.69 Å². The fourth-order valence-electron chi connectivity index (χ4n) is 4.60. The van der Waals surface area contributed by atoms with Gasteiger partial charge in [0.15, 0.2) is 23.2 Å². The average molecular weight is 502 g/mol. The van der Waals surface area contributed by atoms with Crippen LogP contribution < -0.4 is 19.7 Å². The largest absolute Gasteiger partial charge is 0.466 e. The van der Waals surface area contributed by atoms with Gasteiger partial charge in [0.05, 0.1) is 29.6 Å². The number of esters is 1. The Bertz CT molecular complexity index is 1360. The first-order valence-electron chi connectivity index (χ1n) is 12.3. The fourth-order valence-corrected chi connectivity index (χ4v) is 4.60. The number of anilines is 1. The van der Waals surface area contributed by atoms with Crippen LogP contribution in [0.25, 0.3) is 11.0 Å². The van der Waals surface area contributed by atoms with Crippen LogP contribution in [-0.2, 0) is 20.9 Å². The van der Waals surface area contributed by atoms with Crippen LogP contribution in [0, 0.1) is 17.2 Å². The minimum Gasteiger partial charge on any atom is -0.466 e. The summed E-state index contributed by atoms with van der Waals surface area (Å²) in [6.07, 6.45) is 1.20. The molecule has 1 amide bonds. The topological polar surface area (TPSA) is 127 Å². The van der Waals surface area contributed by atoms with Crippen molar-refractivity contribution in [2.75, 3.05) is 31.4 Å². The number of ether oxygens (including phenoxy) is 3. The van der Waals surface area contributed by atoms with Gasteiger partial charge in [0.25, 0.3) is 0 Å². The molecule has 2 aromatic carbocycles. The number of rotatable bonds is 7. The monoisotopic (exact) mass is 501 g/mol. The van der Waals surface area contributed by atoms with Crippen molar-refractivity contribution < 1.29 is 23.8 Å². The lowest BCUT2D eigenvalue weighted by atomic mass is 9.96. The van der Waals surface area contributed by atoms with Gasteiger partial charge in [-0.1, -0.05) is 18.2 Å². The summed E-state index contributed by atoms with van der Waals surface area (Å²) in [6.45, 7) is 3.62. The Morgan fingerprint density at radius 3 is 2.59 bits per heavy atom. The van der Waals surface area contributed by atoms with E-state index in [1.54, 1.807) is 19.1 Å².